The van der Waals surface area contributed by atoms with Gasteiger partial charge in [-0.2, -0.15) is 4.31 Å². The topological polar surface area (TPSA) is 148 Å². The summed E-state index contributed by atoms with van der Waals surface area (Å²) < 4.78 is 58.9. The van der Waals surface area contributed by atoms with Crippen molar-refractivity contribution in [3.63, 3.8) is 0 Å². The summed E-state index contributed by atoms with van der Waals surface area (Å²) in [6.07, 6.45) is 1.73. The molecule has 0 bridgehead atoms. The predicted molar refractivity (Wildman–Crippen MR) is 149 cm³/mol. The minimum absolute atomic E-state index is 0.00110. The fourth-order valence-electron chi connectivity index (χ4n) is 4.77. The monoisotopic (exact) mass is 584 g/mol. The number of fused-ring (bicyclic) bond motifs is 1. The van der Waals surface area contributed by atoms with Gasteiger partial charge in [0.1, 0.15) is 10.9 Å². The second-order valence-corrected chi connectivity index (χ2v) is 13.5. The van der Waals surface area contributed by atoms with Gasteiger partial charge in [0, 0.05) is 36.9 Å². The van der Waals surface area contributed by atoms with Gasteiger partial charge in [-0.25, -0.2) is 20.8 Å². The molecular formula is C27H28N4O7S2. The van der Waals surface area contributed by atoms with E-state index in [1.165, 1.54) is 47.2 Å². The molecule has 3 heterocycles. The Bertz CT molecular complexity index is 1930. The minimum atomic E-state index is -4.38. The maximum atomic E-state index is 14.0. The van der Waals surface area contributed by atoms with E-state index >= 15 is 0 Å². The molecule has 1 saturated heterocycles. The van der Waals surface area contributed by atoms with Gasteiger partial charge < -0.3 is 15.0 Å². The van der Waals surface area contributed by atoms with Crippen molar-refractivity contribution in [1.82, 2.24) is 12.8 Å². The highest BCUT2D eigenvalue weighted by Gasteiger charge is 2.44. The summed E-state index contributed by atoms with van der Waals surface area (Å²) in [5.74, 6) is -0.606. The van der Waals surface area contributed by atoms with Crippen molar-refractivity contribution in [2.45, 2.75) is 42.7 Å². The van der Waals surface area contributed by atoms with Crippen molar-refractivity contribution >= 4 is 42.5 Å². The number of nitrogens with zero attached hydrogens (tertiary/aromatic N) is 3. The number of aryl methyl sites for hydroxylation is 3. The Morgan fingerprint density at radius 3 is 2.27 bits per heavy atom. The molecular weight excluding hydrogens is 556 g/mol. The van der Waals surface area contributed by atoms with E-state index in [-0.39, 0.29) is 45.2 Å². The third-order valence-corrected chi connectivity index (χ3v) is 10.7. The first kappa shape index (κ1) is 27.8. The number of pyridine rings is 1. The van der Waals surface area contributed by atoms with E-state index in [0.717, 1.165) is 13.8 Å². The van der Waals surface area contributed by atoms with E-state index in [1.54, 1.807) is 32.2 Å². The SMILES string of the molecule is Cc1ccc(S(=O)(=O)n2c(CO)cc3cc(C)cc(S(=O)(=O)N4CCC4C(=O)Nc4ccn(C)c(=O)c4)c32)cc1. The zero-order valence-corrected chi connectivity index (χ0v) is 23.7. The maximum absolute atomic E-state index is 14.0. The molecule has 11 nitrogen and oxygen atoms in total. The van der Waals surface area contributed by atoms with Gasteiger partial charge in [0.2, 0.25) is 15.9 Å². The number of rotatable bonds is 7. The summed E-state index contributed by atoms with van der Waals surface area (Å²) in [7, 11) is -7.12. The Labute approximate surface area is 231 Å². The molecule has 1 amide bonds. The van der Waals surface area contributed by atoms with E-state index in [4.69, 9.17) is 0 Å². The Morgan fingerprint density at radius 1 is 0.975 bits per heavy atom. The lowest BCUT2D eigenvalue weighted by atomic mass is 10.1. The Morgan fingerprint density at radius 2 is 1.68 bits per heavy atom. The van der Waals surface area contributed by atoms with Gasteiger partial charge in [-0.05, 0) is 62.2 Å². The number of aromatic nitrogens is 2. The molecule has 13 heteroatoms. The number of carbonyl (C=O) groups excluding carboxylic acids is 1. The van der Waals surface area contributed by atoms with Crippen LogP contribution in [0.15, 0.2) is 75.4 Å². The second kappa shape index (κ2) is 10.0. The van der Waals surface area contributed by atoms with Crippen LogP contribution in [0.25, 0.3) is 10.9 Å². The number of hydrogen-bond acceptors (Lipinski definition) is 7. The number of aliphatic hydroxyl groups is 1. The first-order chi connectivity index (χ1) is 18.8. The van der Waals surface area contributed by atoms with Crippen molar-refractivity contribution < 1.29 is 26.7 Å². The Balaban J connectivity index is 1.60. The van der Waals surface area contributed by atoms with Crippen LogP contribution in [0.5, 0.6) is 0 Å². The minimum Gasteiger partial charge on any atom is -0.390 e. The quantitative estimate of drug-likeness (QED) is 0.338. The van der Waals surface area contributed by atoms with E-state index in [9.17, 15) is 31.5 Å². The van der Waals surface area contributed by atoms with Gasteiger partial charge in [-0.1, -0.05) is 17.7 Å². The molecule has 2 aromatic carbocycles. The van der Waals surface area contributed by atoms with Crippen LogP contribution >= 0.6 is 0 Å². The highest BCUT2D eigenvalue weighted by molar-refractivity contribution is 7.90. The number of nitrogens with one attached hydrogen (secondary N) is 1. The zero-order valence-electron chi connectivity index (χ0n) is 22.0. The molecule has 2 N–H and O–H groups in total. The molecule has 210 valence electrons. The third-order valence-electron chi connectivity index (χ3n) is 6.99. The van der Waals surface area contributed by atoms with E-state index in [0.29, 0.717) is 10.9 Å². The van der Waals surface area contributed by atoms with E-state index in [1.807, 2.05) is 6.92 Å². The van der Waals surface area contributed by atoms with Crippen LogP contribution in [0, 0.1) is 13.8 Å². The maximum Gasteiger partial charge on any atom is 0.268 e. The zero-order chi connectivity index (χ0) is 29.0. The number of sulfonamides is 1. The fraction of sp³-hybridized carbons (Fsp3) is 0.259. The Hall–Kier alpha value is -3.78. The largest absolute Gasteiger partial charge is 0.390 e. The van der Waals surface area contributed by atoms with E-state index in [2.05, 4.69) is 5.32 Å². The molecule has 1 atom stereocenters. The highest BCUT2D eigenvalue weighted by Crippen LogP contribution is 2.36. The number of amides is 1. The van der Waals surface area contributed by atoms with Gasteiger partial charge in [-0.3, -0.25) is 9.59 Å². The normalized spacial score (nSPS) is 16.1. The molecule has 1 aliphatic heterocycles. The van der Waals surface area contributed by atoms with Crippen LogP contribution in [0.4, 0.5) is 5.69 Å². The summed E-state index contributed by atoms with van der Waals surface area (Å²) in [6, 6.07) is 12.3. The number of hydrogen-bond donors (Lipinski definition) is 2. The second-order valence-electron chi connectivity index (χ2n) is 9.85. The average molecular weight is 585 g/mol. The molecule has 40 heavy (non-hydrogen) atoms. The molecule has 0 aliphatic carbocycles. The van der Waals surface area contributed by atoms with Crippen molar-refractivity contribution in [2.75, 3.05) is 11.9 Å². The summed E-state index contributed by atoms with van der Waals surface area (Å²) in [6.45, 7) is 2.89. The van der Waals surface area contributed by atoms with Crippen LogP contribution in [0.1, 0.15) is 23.2 Å². The van der Waals surface area contributed by atoms with Gasteiger partial charge in [0.15, 0.2) is 0 Å². The summed E-state index contributed by atoms with van der Waals surface area (Å²) in [5.41, 5.74) is 1.20. The van der Waals surface area contributed by atoms with Crippen LogP contribution in [0.3, 0.4) is 0 Å². The van der Waals surface area contributed by atoms with Gasteiger partial charge >= 0.3 is 0 Å². The van der Waals surface area contributed by atoms with Crippen LogP contribution < -0.4 is 10.9 Å². The molecule has 1 fully saturated rings. The van der Waals surface area contributed by atoms with Crippen molar-refractivity contribution in [3.05, 3.63) is 88.0 Å². The lowest BCUT2D eigenvalue weighted by Gasteiger charge is -2.38. The third kappa shape index (κ3) is 4.64. The first-order valence-electron chi connectivity index (χ1n) is 12.4. The first-order valence-corrected chi connectivity index (χ1v) is 15.3. The number of benzene rings is 2. The van der Waals surface area contributed by atoms with E-state index < -0.39 is 38.6 Å². The number of anilines is 1. The van der Waals surface area contributed by atoms with Crippen LogP contribution in [-0.4, -0.2) is 53.3 Å². The van der Waals surface area contributed by atoms with Crippen molar-refractivity contribution in [3.8, 4) is 0 Å². The van der Waals surface area contributed by atoms with Gasteiger partial charge in [-0.15, -0.1) is 0 Å². The standard InChI is InChI=1S/C27H28N4O7S2/c1-17-4-6-22(7-5-17)39(35,36)31-21(16-32)14-19-12-18(2)13-24(26(19)31)40(37,38)30-11-9-23(30)27(34)28-20-8-10-29(3)25(33)15-20/h4-8,10,12-15,23,32H,9,11,16H2,1-3H3,(H,28,34). The van der Waals surface area contributed by atoms with Crippen LogP contribution in [-0.2, 0) is 38.5 Å². The van der Waals surface area contributed by atoms with Crippen molar-refractivity contribution in [1.29, 1.82) is 0 Å². The van der Waals surface area contributed by atoms with Gasteiger partial charge in [0.25, 0.3) is 15.6 Å². The molecule has 1 aliphatic rings. The summed E-state index contributed by atoms with van der Waals surface area (Å²) in [5, 5.41) is 13.0. The Kier molecular flexibility index (Phi) is 6.94. The number of aliphatic hydroxyl groups excluding tert-OH is 1. The fourth-order valence-corrected chi connectivity index (χ4v) is 8.30. The average Bonchev–Trinajstić information content (AvgIpc) is 3.24. The molecule has 1 unspecified atom stereocenters. The highest BCUT2D eigenvalue weighted by atomic mass is 32.2. The molecule has 4 aromatic rings. The predicted octanol–water partition coefficient (Wildman–Crippen LogP) is 2.09. The molecule has 0 spiro atoms. The molecule has 2 aromatic heterocycles. The van der Waals surface area contributed by atoms with Gasteiger partial charge in [0.05, 0.1) is 22.7 Å². The summed E-state index contributed by atoms with van der Waals surface area (Å²) >= 11 is 0. The summed E-state index contributed by atoms with van der Waals surface area (Å²) in [4.78, 5) is 24.6. The van der Waals surface area contributed by atoms with Crippen LogP contribution in [0.2, 0.25) is 0 Å². The number of carbonyl (C=O) groups is 1. The molecule has 0 saturated carbocycles. The van der Waals surface area contributed by atoms with Crippen molar-refractivity contribution in [2.24, 2.45) is 7.05 Å². The lowest BCUT2D eigenvalue weighted by molar-refractivity contribution is -0.122. The smallest absolute Gasteiger partial charge is 0.268 e. The molecule has 0 radical (unpaired) electrons. The lowest BCUT2D eigenvalue weighted by Crippen LogP contribution is -2.56. The molecule has 5 rings (SSSR count).